The van der Waals surface area contributed by atoms with E-state index < -0.39 is 0 Å². The van der Waals surface area contributed by atoms with Crippen LogP contribution in [0.1, 0.15) is 67.2 Å². The fraction of sp³-hybridized carbons (Fsp3) is 0.760. The van der Waals surface area contributed by atoms with Gasteiger partial charge >= 0.3 is 5.97 Å². The van der Waals surface area contributed by atoms with E-state index in [4.69, 9.17) is 9.47 Å². The topological polar surface area (TPSA) is 55.9 Å². The van der Waals surface area contributed by atoms with Crippen molar-refractivity contribution in [3.05, 3.63) is 23.3 Å². The molecule has 0 amide bonds. The molecule has 4 nitrogen and oxygen atoms in total. The Labute approximate surface area is 175 Å². The Morgan fingerprint density at radius 1 is 1.24 bits per heavy atom. The molecule has 0 N–H and O–H groups in total. The molecule has 0 aromatic rings. The molecule has 160 valence electrons. The van der Waals surface area contributed by atoms with Gasteiger partial charge in [0.15, 0.2) is 5.78 Å². The number of ketones is 1. The highest BCUT2D eigenvalue weighted by molar-refractivity contribution is 5.94. The van der Waals surface area contributed by atoms with Crippen LogP contribution in [0, 0.1) is 34.5 Å². The SMILES string of the molecule is C/C=C(/C)C(=O)O[C@@H]1CC[C@@]2(C)[C@@H]3C(=O)C=C(C)[C@H]([C@H]4CO4)[C@H]3CC[C@@H]2C1(C)C. The van der Waals surface area contributed by atoms with Crippen LogP contribution in [-0.4, -0.2) is 30.6 Å². The summed E-state index contributed by atoms with van der Waals surface area (Å²) in [4.78, 5) is 25.7. The summed E-state index contributed by atoms with van der Waals surface area (Å²) in [6.07, 6.45) is 7.84. The molecule has 0 bridgehead atoms. The van der Waals surface area contributed by atoms with Gasteiger partial charge in [0, 0.05) is 22.8 Å². The maximum atomic E-state index is 13.3. The van der Waals surface area contributed by atoms with E-state index in [9.17, 15) is 9.59 Å². The summed E-state index contributed by atoms with van der Waals surface area (Å²) in [5.41, 5.74) is 1.67. The van der Waals surface area contributed by atoms with Gasteiger partial charge in [0.25, 0.3) is 0 Å². The highest BCUT2D eigenvalue weighted by Gasteiger charge is 2.62. The van der Waals surface area contributed by atoms with Crippen LogP contribution in [0.2, 0.25) is 0 Å². The second-order valence-corrected chi connectivity index (χ2v) is 10.7. The van der Waals surface area contributed by atoms with Crippen molar-refractivity contribution in [1.29, 1.82) is 0 Å². The van der Waals surface area contributed by atoms with Gasteiger partial charge in [-0.3, -0.25) is 4.79 Å². The first-order valence-electron chi connectivity index (χ1n) is 11.3. The minimum absolute atomic E-state index is 0.0492. The Kier molecular flexibility index (Phi) is 5.08. The van der Waals surface area contributed by atoms with Gasteiger partial charge in [0.1, 0.15) is 6.10 Å². The molecule has 3 aliphatic carbocycles. The number of esters is 1. The molecule has 1 heterocycles. The van der Waals surface area contributed by atoms with Gasteiger partial charge in [-0.25, -0.2) is 4.79 Å². The normalized spacial score (nSPS) is 43.7. The predicted octanol–water partition coefficient (Wildman–Crippen LogP) is 4.88. The molecule has 1 aliphatic heterocycles. The van der Waals surface area contributed by atoms with Gasteiger partial charge in [-0.15, -0.1) is 0 Å². The number of rotatable bonds is 3. The lowest BCUT2D eigenvalue weighted by atomic mass is 9.43. The minimum atomic E-state index is -0.207. The summed E-state index contributed by atoms with van der Waals surface area (Å²) < 4.78 is 11.7. The summed E-state index contributed by atoms with van der Waals surface area (Å²) in [6, 6.07) is 0. The molecule has 0 radical (unpaired) electrons. The van der Waals surface area contributed by atoms with Crippen molar-refractivity contribution >= 4 is 11.8 Å². The van der Waals surface area contributed by atoms with Crippen LogP contribution < -0.4 is 0 Å². The standard InChI is InChI=1S/C25H36O4/c1-7-14(2)23(27)29-20-10-11-25(6)19(24(20,4)5)9-8-16-21(18-13-28-18)15(3)12-17(26)22(16)25/h7,12,16,18-22H,8-11,13H2,1-6H3/b14-7-/t16-,18-,19-,20-,21+,22+,25-/m1/s1. The number of carbonyl (C=O) groups is 2. The van der Waals surface area contributed by atoms with Gasteiger partial charge in [0.05, 0.1) is 12.7 Å². The zero-order chi connectivity index (χ0) is 21.1. The Bertz CT molecular complexity index is 772. The molecule has 0 aromatic carbocycles. The predicted molar refractivity (Wildman–Crippen MR) is 112 cm³/mol. The zero-order valence-corrected chi connectivity index (χ0v) is 18.8. The van der Waals surface area contributed by atoms with Gasteiger partial charge in [-0.05, 0) is 69.8 Å². The average Bonchev–Trinajstić information content (AvgIpc) is 3.47. The third kappa shape index (κ3) is 3.22. The first-order chi connectivity index (χ1) is 13.6. The Hall–Kier alpha value is -1.42. The molecular formula is C25H36O4. The van der Waals surface area contributed by atoms with Crippen molar-refractivity contribution in [2.24, 2.45) is 34.5 Å². The summed E-state index contributed by atoms with van der Waals surface area (Å²) in [6.45, 7) is 13.4. The molecule has 4 heteroatoms. The molecule has 0 unspecified atom stereocenters. The molecule has 4 rings (SSSR count). The summed E-state index contributed by atoms with van der Waals surface area (Å²) in [5.74, 6) is 1.32. The highest BCUT2D eigenvalue weighted by atomic mass is 16.6. The third-order valence-electron chi connectivity index (χ3n) is 8.82. The molecule has 4 aliphatic rings. The summed E-state index contributed by atoms with van der Waals surface area (Å²) in [5, 5.41) is 0. The van der Waals surface area contributed by atoms with Gasteiger partial charge in [-0.2, -0.15) is 0 Å². The molecule has 3 fully saturated rings. The molecule has 29 heavy (non-hydrogen) atoms. The van der Waals surface area contributed by atoms with Crippen LogP contribution in [0.25, 0.3) is 0 Å². The first-order valence-corrected chi connectivity index (χ1v) is 11.3. The maximum absolute atomic E-state index is 13.3. The van der Waals surface area contributed by atoms with E-state index in [1.54, 1.807) is 0 Å². The quantitative estimate of drug-likeness (QED) is 0.385. The Balaban J connectivity index is 1.63. The number of hydrogen-bond acceptors (Lipinski definition) is 4. The van der Waals surface area contributed by atoms with Crippen molar-refractivity contribution in [2.75, 3.05) is 6.61 Å². The number of hydrogen-bond donors (Lipinski definition) is 0. The monoisotopic (exact) mass is 400 g/mol. The van der Waals surface area contributed by atoms with Gasteiger partial charge in [0.2, 0.25) is 0 Å². The van der Waals surface area contributed by atoms with E-state index in [-0.39, 0.29) is 28.8 Å². The maximum Gasteiger partial charge on any atom is 0.333 e. The van der Waals surface area contributed by atoms with Crippen molar-refractivity contribution < 1.29 is 19.1 Å². The molecule has 2 saturated carbocycles. The zero-order valence-electron chi connectivity index (χ0n) is 18.8. The van der Waals surface area contributed by atoms with Gasteiger partial charge < -0.3 is 9.47 Å². The van der Waals surface area contributed by atoms with E-state index in [1.165, 1.54) is 5.57 Å². The minimum Gasteiger partial charge on any atom is -0.458 e. The smallest absolute Gasteiger partial charge is 0.333 e. The van der Waals surface area contributed by atoms with Gasteiger partial charge in [-0.1, -0.05) is 32.4 Å². The lowest BCUT2D eigenvalue weighted by Crippen LogP contribution is -2.60. The van der Waals surface area contributed by atoms with Crippen LogP contribution in [-0.2, 0) is 19.1 Å². The average molecular weight is 401 g/mol. The number of epoxide rings is 1. The molecule has 0 aromatic heterocycles. The van der Waals surface area contributed by atoms with Crippen LogP contribution in [0.15, 0.2) is 23.3 Å². The highest BCUT2D eigenvalue weighted by Crippen LogP contribution is 2.64. The van der Waals surface area contributed by atoms with Crippen LogP contribution in [0.4, 0.5) is 0 Å². The van der Waals surface area contributed by atoms with Crippen molar-refractivity contribution in [1.82, 2.24) is 0 Å². The lowest BCUT2D eigenvalue weighted by Gasteiger charge is -2.62. The van der Waals surface area contributed by atoms with E-state index in [2.05, 4.69) is 27.7 Å². The second kappa shape index (κ2) is 7.08. The van der Waals surface area contributed by atoms with Crippen molar-refractivity contribution in [3.8, 4) is 0 Å². The molecule has 0 spiro atoms. The number of carbonyl (C=O) groups excluding carboxylic acids is 2. The van der Waals surface area contributed by atoms with E-state index in [0.717, 1.165) is 32.3 Å². The largest absolute Gasteiger partial charge is 0.458 e. The lowest BCUT2D eigenvalue weighted by molar-refractivity contribution is -0.185. The van der Waals surface area contributed by atoms with Crippen LogP contribution in [0.3, 0.4) is 0 Å². The fourth-order valence-corrected chi connectivity index (χ4v) is 7.20. The van der Waals surface area contributed by atoms with Crippen molar-refractivity contribution in [3.63, 3.8) is 0 Å². The number of fused-ring (bicyclic) bond motifs is 3. The van der Waals surface area contributed by atoms with E-state index >= 15 is 0 Å². The molecule has 1 saturated heterocycles. The molecular weight excluding hydrogens is 364 g/mol. The van der Waals surface area contributed by atoms with E-state index in [0.29, 0.717) is 35.2 Å². The summed E-state index contributed by atoms with van der Waals surface area (Å²) >= 11 is 0. The van der Waals surface area contributed by atoms with Crippen molar-refractivity contribution in [2.45, 2.75) is 79.4 Å². The first kappa shape index (κ1) is 20.8. The number of ether oxygens (including phenoxy) is 2. The van der Waals surface area contributed by atoms with E-state index in [1.807, 2.05) is 26.0 Å². The summed E-state index contributed by atoms with van der Waals surface area (Å²) in [7, 11) is 0. The molecule has 7 atom stereocenters. The Morgan fingerprint density at radius 3 is 2.55 bits per heavy atom. The Morgan fingerprint density at radius 2 is 1.93 bits per heavy atom. The third-order valence-corrected chi connectivity index (χ3v) is 8.82. The van der Waals surface area contributed by atoms with Crippen LogP contribution in [0.5, 0.6) is 0 Å². The second-order valence-electron chi connectivity index (χ2n) is 10.7. The fourth-order valence-electron chi connectivity index (χ4n) is 7.20. The number of allylic oxidation sites excluding steroid dienone is 2. The van der Waals surface area contributed by atoms with Crippen LogP contribution >= 0.6 is 0 Å².